The highest BCUT2D eigenvalue weighted by Crippen LogP contribution is 2.30. The van der Waals surface area contributed by atoms with Crippen molar-refractivity contribution in [2.45, 2.75) is 16.2 Å². The van der Waals surface area contributed by atoms with Gasteiger partial charge in [-0.1, -0.05) is 11.8 Å². The lowest BCUT2D eigenvalue weighted by Crippen LogP contribution is -2.16. The van der Waals surface area contributed by atoms with E-state index in [2.05, 4.69) is 4.74 Å². The number of halogens is 4. The maximum atomic E-state index is 12.7. The first-order valence-corrected chi connectivity index (χ1v) is 6.03. The van der Waals surface area contributed by atoms with E-state index in [4.69, 9.17) is 0 Å². The highest BCUT2D eigenvalue weighted by molar-refractivity contribution is 7.99. The van der Waals surface area contributed by atoms with Crippen molar-refractivity contribution in [1.82, 2.24) is 0 Å². The van der Waals surface area contributed by atoms with Crippen LogP contribution in [-0.4, -0.2) is 6.36 Å². The third-order valence-electron chi connectivity index (χ3n) is 2.11. The summed E-state index contributed by atoms with van der Waals surface area (Å²) in [6.07, 6.45) is -4.69. The normalized spacial score (nSPS) is 11.4. The second-order valence-corrected chi connectivity index (χ2v) is 4.72. The maximum absolute atomic E-state index is 12.7. The van der Waals surface area contributed by atoms with Crippen LogP contribution in [0.5, 0.6) is 5.75 Å². The van der Waals surface area contributed by atoms with Crippen LogP contribution < -0.4 is 4.74 Å². The summed E-state index contributed by atoms with van der Waals surface area (Å²) in [6.45, 7) is 0. The van der Waals surface area contributed by atoms with Gasteiger partial charge in [-0.3, -0.25) is 0 Å². The SMILES string of the molecule is Fc1ccc(Sc2ccc(OC(F)(F)F)cc2)cc1. The second kappa shape index (κ2) is 5.52. The van der Waals surface area contributed by atoms with Gasteiger partial charge in [0.15, 0.2) is 0 Å². The first kappa shape index (κ1) is 13.7. The molecule has 0 fully saturated rings. The van der Waals surface area contributed by atoms with Crippen molar-refractivity contribution in [3.05, 3.63) is 54.3 Å². The minimum Gasteiger partial charge on any atom is -0.406 e. The molecule has 6 heteroatoms. The maximum Gasteiger partial charge on any atom is 0.573 e. The van der Waals surface area contributed by atoms with Gasteiger partial charge in [0.1, 0.15) is 11.6 Å². The highest BCUT2D eigenvalue weighted by atomic mass is 32.2. The van der Waals surface area contributed by atoms with E-state index in [0.717, 1.165) is 9.79 Å². The predicted molar refractivity (Wildman–Crippen MR) is 63.6 cm³/mol. The molecule has 0 aliphatic rings. The van der Waals surface area contributed by atoms with Crippen molar-refractivity contribution in [2.24, 2.45) is 0 Å². The minimum absolute atomic E-state index is 0.268. The van der Waals surface area contributed by atoms with E-state index in [1.54, 1.807) is 12.1 Å². The van der Waals surface area contributed by atoms with Crippen LogP contribution in [0, 0.1) is 5.82 Å². The van der Waals surface area contributed by atoms with E-state index >= 15 is 0 Å². The molecule has 0 amide bonds. The molecule has 0 aliphatic heterocycles. The summed E-state index contributed by atoms with van der Waals surface area (Å²) < 4.78 is 52.4. The predicted octanol–water partition coefficient (Wildman–Crippen LogP) is 4.88. The van der Waals surface area contributed by atoms with Gasteiger partial charge in [-0.2, -0.15) is 0 Å². The van der Waals surface area contributed by atoms with Crippen LogP contribution in [0.3, 0.4) is 0 Å². The molecule has 2 aromatic carbocycles. The van der Waals surface area contributed by atoms with E-state index in [-0.39, 0.29) is 11.6 Å². The van der Waals surface area contributed by atoms with Crippen LogP contribution in [-0.2, 0) is 0 Å². The Morgan fingerprint density at radius 1 is 0.789 bits per heavy atom. The van der Waals surface area contributed by atoms with Gasteiger partial charge in [0.25, 0.3) is 0 Å². The van der Waals surface area contributed by atoms with Crippen LogP contribution in [0.1, 0.15) is 0 Å². The second-order valence-electron chi connectivity index (χ2n) is 3.58. The lowest BCUT2D eigenvalue weighted by Gasteiger charge is -2.09. The Morgan fingerprint density at radius 2 is 1.26 bits per heavy atom. The zero-order chi connectivity index (χ0) is 13.9. The van der Waals surface area contributed by atoms with Crippen molar-refractivity contribution in [2.75, 3.05) is 0 Å². The van der Waals surface area contributed by atoms with Crippen molar-refractivity contribution in [1.29, 1.82) is 0 Å². The minimum atomic E-state index is -4.69. The average molecular weight is 288 g/mol. The van der Waals surface area contributed by atoms with E-state index in [9.17, 15) is 17.6 Å². The number of ether oxygens (including phenoxy) is 1. The smallest absolute Gasteiger partial charge is 0.406 e. The molecule has 0 atom stereocenters. The molecular formula is C13H8F4OS. The van der Waals surface area contributed by atoms with Crippen LogP contribution >= 0.6 is 11.8 Å². The Hall–Kier alpha value is -1.69. The molecule has 0 radical (unpaired) electrons. The number of benzene rings is 2. The quantitative estimate of drug-likeness (QED) is 0.745. The molecule has 0 heterocycles. The Bertz CT molecular complexity index is 534. The topological polar surface area (TPSA) is 9.23 Å². The summed E-state index contributed by atoms with van der Waals surface area (Å²) in [5.41, 5.74) is 0. The molecule has 2 aromatic rings. The van der Waals surface area contributed by atoms with Crippen molar-refractivity contribution in [3.63, 3.8) is 0 Å². The Morgan fingerprint density at radius 3 is 1.74 bits per heavy atom. The summed E-state index contributed by atoms with van der Waals surface area (Å²) in [4.78, 5) is 1.53. The Labute approximate surface area is 111 Å². The van der Waals surface area contributed by atoms with Crippen LogP contribution in [0.4, 0.5) is 17.6 Å². The molecule has 100 valence electrons. The standard InChI is InChI=1S/C13H8F4OS/c14-9-1-5-11(6-2-9)19-12-7-3-10(4-8-12)18-13(15,16)17/h1-8H. The fourth-order valence-electron chi connectivity index (χ4n) is 1.35. The third-order valence-corrected chi connectivity index (χ3v) is 3.12. The molecule has 0 saturated carbocycles. The lowest BCUT2D eigenvalue weighted by atomic mass is 10.3. The summed E-state index contributed by atoms with van der Waals surface area (Å²) in [5, 5.41) is 0. The van der Waals surface area contributed by atoms with Gasteiger partial charge in [0.05, 0.1) is 0 Å². The summed E-state index contributed by atoms with van der Waals surface area (Å²) in [7, 11) is 0. The van der Waals surface area contributed by atoms with Crippen molar-refractivity contribution < 1.29 is 22.3 Å². The van der Waals surface area contributed by atoms with Gasteiger partial charge in [0, 0.05) is 9.79 Å². The molecule has 0 saturated heterocycles. The van der Waals surface area contributed by atoms with Crippen molar-refractivity contribution in [3.8, 4) is 5.75 Å². The molecule has 0 unspecified atom stereocenters. The zero-order valence-corrected chi connectivity index (χ0v) is 10.3. The van der Waals surface area contributed by atoms with Crippen LogP contribution in [0.25, 0.3) is 0 Å². The third kappa shape index (κ3) is 4.48. The van der Waals surface area contributed by atoms with E-state index in [1.807, 2.05) is 0 Å². The lowest BCUT2D eigenvalue weighted by molar-refractivity contribution is -0.274. The number of hydrogen-bond acceptors (Lipinski definition) is 2. The first-order chi connectivity index (χ1) is 8.92. The molecule has 1 nitrogen and oxygen atoms in total. The first-order valence-electron chi connectivity index (χ1n) is 5.22. The highest BCUT2D eigenvalue weighted by Gasteiger charge is 2.30. The van der Waals surface area contributed by atoms with Crippen LogP contribution in [0.2, 0.25) is 0 Å². The molecule has 0 spiro atoms. The Balaban J connectivity index is 2.04. The molecule has 19 heavy (non-hydrogen) atoms. The fourth-order valence-corrected chi connectivity index (χ4v) is 2.16. The van der Waals surface area contributed by atoms with Gasteiger partial charge in [-0.05, 0) is 48.5 Å². The largest absolute Gasteiger partial charge is 0.573 e. The van der Waals surface area contributed by atoms with Gasteiger partial charge in [-0.15, -0.1) is 13.2 Å². The van der Waals surface area contributed by atoms with Gasteiger partial charge >= 0.3 is 6.36 Å². The molecule has 0 aromatic heterocycles. The molecule has 2 rings (SSSR count). The average Bonchev–Trinajstić information content (AvgIpc) is 2.33. The Kier molecular flexibility index (Phi) is 3.99. The van der Waals surface area contributed by atoms with Gasteiger partial charge in [0.2, 0.25) is 0 Å². The molecule has 0 bridgehead atoms. The van der Waals surface area contributed by atoms with Crippen molar-refractivity contribution >= 4 is 11.8 Å². The van der Waals surface area contributed by atoms with E-state index in [1.165, 1.54) is 48.2 Å². The fraction of sp³-hybridized carbons (Fsp3) is 0.0769. The van der Waals surface area contributed by atoms with Gasteiger partial charge < -0.3 is 4.74 Å². The summed E-state index contributed by atoms with van der Waals surface area (Å²) in [5.74, 6) is -0.603. The zero-order valence-electron chi connectivity index (χ0n) is 9.45. The summed E-state index contributed by atoms with van der Waals surface area (Å²) >= 11 is 1.32. The molecular weight excluding hydrogens is 280 g/mol. The number of hydrogen-bond donors (Lipinski definition) is 0. The monoisotopic (exact) mass is 288 g/mol. The van der Waals surface area contributed by atoms with Gasteiger partial charge in [-0.25, -0.2) is 4.39 Å². The number of alkyl halides is 3. The van der Waals surface area contributed by atoms with E-state index < -0.39 is 6.36 Å². The number of rotatable bonds is 3. The van der Waals surface area contributed by atoms with Crippen LogP contribution in [0.15, 0.2) is 58.3 Å². The van der Waals surface area contributed by atoms with E-state index in [0.29, 0.717) is 0 Å². The molecule has 0 aliphatic carbocycles. The summed E-state index contributed by atoms with van der Waals surface area (Å²) in [6, 6.07) is 11.3. The molecule has 0 N–H and O–H groups in total.